The number of anilines is 1. The average molecular weight is 368 g/mol. The highest BCUT2D eigenvalue weighted by molar-refractivity contribution is 7.86. The van der Waals surface area contributed by atoms with Crippen LogP contribution in [0.25, 0.3) is 0 Å². The Kier molecular flexibility index (Phi) is 5.05. The van der Waals surface area contributed by atoms with Crippen molar-refractivity contribution >= 4 is 45.6 Å². The molecule has 2 atom stereocenters. The van der Waals surface area contributed by atoms with Gasteiger partial charge in [0.25, 0.3) is 0 Å². The number of fused-ring (bicyclic) bond motifs is 1. The summed E-state index contributed by atoms with van der Waals surface area (Å²) in [6.07, 6.45) is 1.56. The first-order valence-electron chi connectivity index (χ1n) is 7.25. The average Bonchev–Trinajstić information content (AvgIpc) is 2.95. The van der Waals surface area contributed by atoms with Gasteiger partial charge in [0.2, 0.25) is 5.91 Å². The number of carbonyl (C=O) groups is 1. The molecule has 0 fully saturated rings. The Morgan fingerprint density at radius 1 is 1.13 bits per heavy atom. The Morgan fingerprint density at radius 2 is 1.87 bits per heavy atom. The quantitative estimate of drug-likeness (QED) is 0.871. The monoisotopic (exact) mass is 367 g/mol. The second-order valence-corrected chi connectivity index (χ2v) is 7.82. The first kappa shape index (κ1) is 16.5. The summed E-state index contributed by atoms with van der Waals surface area (Å²) in [6.45, 7) is 0. The largest absolute Gasteiger partial charge is 0.324 e. The van der Waals surface area contributed by atoms with Gasteiger partial charge in [-0.2, -0.15) is 0 Å². The van der Waals surface area contributed by atoms with Crippen LogP contribution in [0.4, 0.5) is 5.69 Å². The standard InChI is InChI=1S/C17H15Cl2NO2S/c18-13-6-3-4-12-11(13)8-9-16(12)23(22)10-17(21)20-15-7-2-1-5-14(15)19/h1-7,16H,8-10H2,(H,20,21)/t16-,23-/m1/s1. The van der Waals surface area contributed by atoms with Crippen LogP contribution in [0.5, 0.6) is 0 Å². The van der Waals surface area contributed by atoms with Gasteiger partial charge in [-0.1, -0.05) is 47.5 Å². The van der Waals surface area contributed by atoms with E-state index in [9.17, 15) is 9.00 Å². The van der Waals surface area contributed by atoms with E-state index < -0.39 is 10.8 Å². The molecule has 6 heteroatoms. The molecule has 1 aliphatic rings. The summed E-state index contributed by atoms with van der Waals surface area (Å²) in [5, 5.41) is 3.74. The molecule has 23 heavy (non-hydrogen) atoms. The van der Waals surface area contributed by atoms with E-state index in [4.69, 9.17) is 23.2 Å². The Labute approximate surface area is 147 Å². The molecule has 0 unspecified atom stereocenters. The zero-order valence-electron chi connectivity index (χ0n) is 12.2. The predicted molar refractivity (Wildman–Crippen MR) is 95.6 cm³/mol. The van der Waals surface area contributed by atoms with Crippen molar-refractivity contribution in [3.8, 4) is 0 Å². The highest BCUT2D eigenvalue weighted by atomic mass is 35.5. The molecule has 0 aromatic heterocycles. The van der Waals surface area contributed by atoms with E-state index in [1.54, 1.807) is 24.3 Å². The molecule has 0 radical (unpaired) electrons. The lowest BCUT2D eigenvalue weighted by molar-refractivity contribution is -0.113. The van der Waals surface area contributed by atoms with E-state index in [2.05, 4.69) is 5.32 Å². The number of rotatable bonds is 4. The van der Waals surface area contributed by atoms with Crippen molar-refractivity contribution in [3.63, 3.8) is 0 Å². The predicted octanol–water partition coefficient (Wildman–Crippen LogP) is 4.37. The number of hydrogen-bond acceptors (Lipinski definition) is 2. The molecular formula is C17H15Cl2NO2S. The molecule has 0 saturated heterocycles. The summed E-state index contributed by atoms with van der Waals surface area (Å²) in [7, 11) is -1.29. The van der Waals surface area contributed by atoms with Gasteiger partial charge < -0.3 is 5.32 Å². The van der Waals surface area contributed by atoms with E-state index in [0.29, 0.717) is 15.7 Å². The maximum atomic E-state index is 12.6. The Balaban J connectivity index is 1.68. The van der Waals surface area contributed by atoms with Gasteiger partial charge in [-0.05, 0) is 42.2 Å². The fourth-order valence-electron chi connectivity index (χ4n) is 2.82. The van der Waals surface area contributed by atoms with Crippen molar-refractivity contribution in [1.29, 1.82) is 0 Å². The number of benzene rings is 2. The van der Waals surface area contributed by atoms with E-state index in [0.717, 1.165) is 24.0 Å². The maximum Gasteiger partial charge on any atom is 0.237 e. The van der Waals surface area contributed by atoms with Crippen LogP contribution in [0.15, 0.2) is 42.5 Å². The lowest BCUT2D eigenvalue weighted by Gasteiger charge is -2.12. The highest BCUT2D eigenvalue weighted by Crippen LogP contribution is 2.39. The van der Waals surface area contributed by atoms with Gasteiger partial charge in [0.15, 0.2) is 0 Å². The second-order valence-electron chi connectivity index (χ2n) is 5.39. The zero-order chi connectivity index (χ0) is 16.4. The molecule has 1 aliphatic carbocycles. The molecule has 3 rings (SSSR count). The van der Waals surface area contributed by atoms with Gasteiger partial charge in [0.1, 0.15) is 5.75 Å². The highest BCUT2D eigenvalue weighted by Gasteiger charge is 2.29. The summed E-state index contributed by atoms with van der Waals surface area (Å²) in [6, 6.07) is 12.6. The van der Waals surface area contributed by atoms with E-state index >= 15 is 0 Å². The SMILES string of the molecule is O=C(C[S@@](=O)[C@@H]1CCc2c(Cl)cccc21)Nc1ccccc1Cl. The molecule has 2 aromatic rings. The molecule has 3 nitrogen and oxygen atoms in total. The molecule has 0 spiro atoms. The molecular weight excluding hydrogens is 353 g/mol. The summed E-state index contributed by atoms with van der Waals surface area (Å²) < 4.78 is 12.6. The van der Waals surface area contributed by atoms with Crippen LogP contribution in [-0.4, -0.2) is 15.9 Å². The first-order chi connectivity index (χ1) is 11.1. The fourth-order valence-corrected chi connectivity index (χ4v) is 4.70. The Bertz CT molecular complexity index is 779. The topological polar surface area (TPSA) is 46.2 Å². The zero-order valence-corrected chi connectivity index (χ0v) is 14.5. The third kappa shape index (κ3) is 3.60. The lowest BCUT2D eigenvalue weighted by Crippen LogP contribution is -2.22. The third-order valence-corrected chi connectivity index (χ3v) is 6.25. The van der Waals surface area contributed by atoms with Crippen molar-refractivity contribution in [2.45, 2.75) is 18.1 Å². The van der Waals surface area contributed by atoms with Gasteiger partial charge >= 0.3 is 0 Å². The lowest BCUT2D eigenvalue weighted by atomic mass is 10.1. The molecule has 1 N–H and O–H groups in total. The molecule has 0 saturated carbocycles. The Morgan fingerprint density at radius 3 is 2.65 bits per heavy atom. The van der Waals surface area contributed by atoms with Crippen LogP contribution >= 0.6 is 23.2 Å². The molecule has 0 bridgehead atoms. The Hall–Kier alpha value is -1.36. The first-order valence-corrected chi connectivity index (χ1v) is 9.39. The van der Waals surface area contributed by atoms with Crippen molar-refractivity contribution in [1.82, 2.24) is 0 Å². The van der Waals surface area contributed by atoms with Gasteiger partial charge in [0.05, 0.1) is 16.0 Å². The molecule has 120 valence electrons. The number of hydrogen-bond donors (Lipinski definition) is 1. The third-order valence-electron chi connectivity index (χ3n) is 3.90. The molecule has 2 aromatic carbocycles. The van der Waals surface area contributed by atoms with Gasteiger partial charge in [0, 0.05) is 15.8 Å². The summed E-state index contributed by atoms with van der Waals surface area (Å²) in [4.78, 5) is 12.1. The number of amides is 1. The summed E-state index contributed by atoms with van der Waals surface area (Å²) >= 11 is 12.2. The van der Waals surface area contributed by atoms with Crippen LogP contribution in [0.2, 0.25) is 10.0 Å². The normalized spacial score (nSPS) is 17.6. The van der Waals surface area contributed by atoms with Crippen LogP contribution < -0.4 is 5.32 Å². The van der Waals surface area contributed by atoms with Crippen LogP contribution in [-0.2, 0) is 22.0 Å². The fraction of sp³-hybridized carbons (Fsp3) is 0.235. The minimum Gasteiger partial charge on any atom is -0.324 e. The number of para-hydroxylation sites is 1. The van der Waals surface area contributed by atoms with E-state index in [-0.39, 0.29) is 16.9 Å². The van der Waals surface area contributed by atoms with Crippen molar-refractivity contribution in [2.75, 3.05) is 11.1 Å². The van der Waals surface area contributed by atoms with Crippen LogP contribution in [0.1, 0.15) is 22.8 Å². The second kappa shape index (κ2) is 7.04. The number of carbonyl (C=O) groups excluding carboxylic acids is 1. The van der Waals surface area contributed by atoms with Crippen molar-refractivity contribution in [2.24, 2.45) is 0 Å². The minimum absolute atomic E-state index is 0.0537. The van der Waals surface area contributed by atoms with Crippen LogP contribution in [0, 0.1) is 0 Å². The van der Waals surface area contributed by atoms with Gasteiger partial charge in [-0.3, -0.25) is 9.00 Å². The van der Waals surface area contributed by atoms with Crippen LogP contribution in [0.3, 0.4) is 0 Å². The summed E-state index contributed by atoms with van der Waals surface area (Å²) in [5.41, 5.74) is 2.59. The van der Waals surface area contributed by atoms with E-state index in [1.165, 1.54) is 0 Å². The van der Waals surface area contributed by atoms with Gasteiger partial charge in [-0.15, -0.1) is 0 Å². The summed E-state index contributed by atoms with van der Waals surface area (Å²) in [5.74, 6) is -0.353. The molecule has 1 amide bonds. The van der Waals surface area contributed by atoms with Crippen molar-refractivity contribution < 1.29 is 9.00 Å². The number of nitrogens with one attached hydrogen (secondary N) is 1. The minimum atomic E-state index is -1.29. The number of halogens is 2. The van der Waals surface area contributed by atoms with E-state index in [1.807, 2.05) is 18.2 Å². The van der Waals surface area contributed by atoms with Crippen molar-refractivity contribution in [3.05, 3.63) is 63.6 Å². The molecule has 0 aliphatic heterocycles. The molecule has 0 heterocycles. The van der Waals surface area contributed by atoms with Gasteiger partial charge in [-0.25, -0.2) is 0 Å². The maximum absolute atomic E-state index is 12.6. The smallest absolute Gasteiger partial charge is 0.237 e.